The van der Waals surface area contributed by atoms with Crippen molar-refractivity contribution in [3.63, 3.8) is 0 Å². The van der Waals surface area contributed by atoms with E-state index in [1.807, 2.05) is 19.1 Å². The number of hydrogen-bond acceptors (Lipinski definition) is 4. The Balaban J connectivity index is 2.18. The molecule has 3 N–H and O–H groups in total. The van der Waals surface area contributed by atoms with Gasteiger partial charge in [-0.05, 0) is 65.0 Å². The first kappa shape index (κ1) is 30.7. The highest BCUT2D eigenvalue weighted by atomic mass is 35.5. The number of phenols is 1. The second-order valence-corrected chi connectivity index (χ2v) is 11.9. The minimum atomic E-state index is -0.827. The van der Waals surface area contributed by atoms with E-state index < -0.39 is 6.04 Å². The smallest absolute Gasteiger partial charge is 0.247 e. The first-order valence-electron chi connectivity index (χ1n) is 13.0. The summed E-state index contributed by atoms with van der Waals surface area (Å²) < 4.78 is 5.33. The van der Waals surface area contributed by atoms with Crippen molar-refractivity contribution in [1.29, 1.82) is 0 Å². The molecule has 0 unspecified atom stereocenters. The third kappa shape index (κ3) is 9.35. The summed E-state index contributed by atoms with van der Waals surface area (Å²) in [5, 5.41) is 17.3. The average Bonchev–Trinajstić information content (AvgIpc) is 2.80. The van der Waals surface area contributed by atoms with Gasteiger partial charge in [-0.3, -0.25) is 9.59 Å². The lowest BCUT2D eigenvalue weighted by Crippen LogP contribution is -2.41. The van der Waals surface area contributed by atoms with Gasteiger partial charge < -0.3 is 20.5 Å². The maximum Gasteiger partial charge on any atom is 0.247 e. The molecule has 0 aliphatic heterocycles. The van der Waals surface area contributed by atoms with Gasteiger partial charge in [0.1, 0.15) is 11.8 Å². The second kappa shape index (κ2) is 13.3. The molecule has 2 rings (SSSR count). The highest BCUT2D eigenvalue weighted by molar-refractivity contribution is 6.30. The van der Waals surface area contributed by atoms with Crippen molar-refractivity contribution < 1.29 is 19.4 Å². The van der Waals surface area contributed by atoms with Crippen molar-refractivity contribution in [2.45, 2.75) is 84.6 Å². The number of aromatic hydroxyl groups is 1. The van der Waals surface area contributed by atoms with Gasteiger partial charge in [-0.1, -0.05) is 77.4 Å². The lowest BCUT2D eigenvalue weighted by Gasteiger charge is -2.28. The number of amides is 2. The van der Waals surface area contributed by atoms with Crippen molar-refractivity contribution >= 4 is 23.4 Å². The fraction of sp³-hybridized carbons (Fsp3) is 0.533. The van der Waals surface area contributed by atoms with Gasteiger partial charge in [-0.2, -0.15) is 0 Å². The van der Waals surface area contributed by atoms with Crippen LogP contribution in [0, 0.1) is 0 Å². The Morgan fingerprint density at radius 2 is 1.57 bits per heavy atom. The normalized spacial score (nSPS) is 12.8. The van der Waals surface area contributed by atoms with Gasteiger partial charge in [-0.25, -0.2) is 0 Å². The maximum atomic E-state index is 13.0. The molecule has 0 saturated heterocycles. The number of carbonyl (C=O) groups excluding carboxylic acids is 2. The zero-order chi connectivity index (χ0) is 27.8. The molecular formula is C30H43ClN2O4. The molecule has 0 bridgehead atoms. The third-order valence-corrected chi connectivity index (χ3v) is 6.42. The van der Waals surface area contributed by atoms with Crippen molar-refractivity contribution in [3.8, 4) is 5.75 Å². The van der Waals surface area contributed by atoms with Crippen LogP contribution in [0.25, 0.3) is 0 Å². The first-order valence-corrected chi connectivity index (χ1v) is 13.4. The molecule has 0 fully saturated rings. The summed E-state index contributed by atoms with van der Waals surface area (Å²) >= 11 is 6.03. The second-order valence-electron chi connectivity index (χ2n) is 11.4. The van der Waals surface area contributed by atoms with E-state index in [9.17, 15) is 14.7 Å². The lowest BCUT2D eigenvalue weighted by atomic mass is 9.78. The quantitative estimate of drug-likeness (QED) is 0.312. The van der Waals surface area contributed by atoms with Crippen LogP contribution in [0.5, 0.6) is 5.75 Å². The molecule has 0 aromatic heterocycles. The van der Waals surface area contributed by atoms with Gasteiger partial charge >= 0.3 is 0 Å². The van der Waals surface area contributed by atoms with E-state index in [1.165, 1.54) is 0 Å². The predicted molar refractivity (Wildman–Crippen MR) is 150 cm³/mol. The molecule has 0 aliphatic carbocycles. The van der Waals surface area contributed by atoms with Crippen LogP contribution in [0.15, 0.2) is 36.4 Å². The van der Waals surface area contributed by atoms with Gasteiger partial charge in [0.25, 0.3) is 0 Å². The highest BCUT2D eigenvalue weighted by Gasteiger charge is 2.27. The molecule has 2 aromatic rings. The summed E-state index contributed by atoms with van der Waals surface area (Å²) in [5.41, 5.74) is 2.87. The zero-order valence-electron chi connectivity index (χ0n) is 23.3. The number of hydrogen-bond donors (Lipinski definition) is 3. The van der Waals surface area contributed by atoms with Crippen LogP contribution in [0.4, 0.5) is 0 Å². The largest absolute Gasteiger partial charge is 0.507 e. The summed E-state index contributed by atoms with van der Waals surface area (Å²) in [6, 6.07) is 10.1. The van der Waals surface area contributed by atoms with Gasteiger partial charge in [-0.15, -0.1) is 0 Å². The number of ether oxygens (including phenoxy) is 1. The van der Waals surface area contributed by atoms with E-state index in [0.717, 1.165) is 16.7 Å². The van der Waals surface area contributed by atoms with Gasteiger partial charge in [0.05, 0.1) is 0 Å². The van der Waals surface area contributed by atoms with E-state index >= 15 is 0 Å². The van der Waals surface area contributed by atoms with Crippen molar-refractivity contribution in [2.75, 3.05) is 19.8 Å². The van der Waals surface area contributed by atoms with E-state index in [-0.39, 0.29) is 29.1 Å². The molecule has 0 radical (unpaired) electrons. The minimum Gasteiger partial charge on any atom is -0.507 e. The highest BCUT2D eigenvalue weighted by Crippen LogP contribution is 2.40. The number of carbonyl (C=O) groups is 2. The van der Waals surface area contributed by atoms with Crippen molar-refractivity contribution in [1.82, 2.24) is 10.6 Å². The maximum absolute atomic E-state index is 13.0. The Morgan fingerprint density at radius 1 is 1.00 bits per heavy atom. The van der Waals surface area contributed by atoms with Crippen LogP contribution in [-0.4, -0.2) is 36.7 Å². The molecule has 0 heterocycles. The summed E-state index contributed by atoms with van der Waals surface area (Å²) in [6.07, 6.45) is 1.38. The Morgan fingerprint density at radius 3 is 2.08 bits per heavy atom. The average molecular weight is 531 g/mol. The molecular weight excluding hydrogens is 488 g/mol. The van der Waals surface area contributed by atoms with Crippen molar-refractivity contribution in [2.24, 2.45) is 0 Å². The lowest BCUT2D eigenvalue weighted by molar-refractivity contribution is -0.129. The molecule has 2 aromatic carbocycles. The number of phenolic OH excluding ortho intramolecular Hbond substituents is 1. The SMILES string of the molecule is CCOCCCNC(=O)[C@@H](NC(=O)CCc1cc(C(C)(C)C)c(O)c(C(C)(C)C)c1)c1ccc(Cl)cc1. The number of halogens is 1. The summed E-state index contributed by atoms with van der Waals surface area (Å²) in [7, 11) is 0. The number of benzene rings is 2. The van der Waals surface area contributed by atoms with Crippen LogP contribution >= 0.6 is 11.6 Å². The molecule has 7 heteroatoms. The van der Waals surface area contributed by atoms with Crippen LogP contribution in [-0.2, 0) is 31.6 Å². The van der Waals surface area contributed by atoms with Crippen LogP contribution in [0.3, 0.4) is 0 Å². The monoisotopic (exact) mass is 530 g/mol. The van der Waals surface area contributed by atoms with Crippen molar-refractivity contribution in [3.05, 3.63) is 63.7 Å². The summed E-state index contributed by atoms with van der Waals surface area (Å²) in [5.74, 6) is -0.189. The number of nitrogens with one attached hydrogen (secondary N) is 2. The Bertz CT molecular complexity index is 1020. The topological polar surface area (TPSA) is 87.7 Å². The Hall–Kier alpha value is -2.57. The van der Waals surface area contributed by atoms with Crippen LogP contribution in [0.1, 0.15) is 89.6 Å². The number of aryl methyl sites for hydroxylation is 1. The molecule has 37 heavy (non-hydrogen) atoms. The van der Waals surface area contributed by atoms with Crippen LogP contribution < -0.4 is 10.6 Å². The van der Waals surface area contributed by atoms with E-state index in [1.54, 1.807) is 24.3 Å². The fourth-order valence-electron chi connectivity index (χ4n) is 4.06. The van der Waals surface area contributed by atoms with Gasteiger partial charge in [0, 0.05) is 31.2 Å². The Kier molecular flexibility index (Phi) is 11.0. The van der Waals surface area contributed by atoms with Crippen LogP contribution in [0.2, 0.25) is 5.02 Å². The molecule has 2 amide bonds. The predicted octanol–water partition coefficient (Wildman–Crippen LogP) is 5.97. The summed E-state index contributed by atoms with van der Waals surface area (Å²) in [6.45, 7) is 16.0. The molecule has 0 spiro atoms. The molecule has 204 valence electrons. The molecule has 0 saturated carbocycles. The third-order valence-electron chi connectivity index (χ3n) is 6.17. The first-order chi connectivity index (χ1) is 17.2. The molecule has 0 aliphatic rings. The Labute approximate surface area is 227 Å². The van der Waals surface area contributed by atoms with E-state index in [2.05, 4.69) is 52.2 Å². The molecule has 1 atom stereocenters. The zero-order valence-corrected chi connectivity index (χ0v) is 24.1. The standard InChI is InChI=1S/C30H43ClN2O4/c1-8-37-17-9-16-32-28(36)26(21-11-13-22(31)14-12-21)33-25(34)15-10-20-18-23(29(2,3)4)27(35)24(19-20)30(5,6)7/h11-14,18-19,26,35H,8-10,15-17H2,1-7H3,(H,32,36)(H,33,34)/t26-/m0/s1. The fourth-order valence-corrected chi connectivity index (χ4v) is 4.19. The minimum absolute atomic E-state index is 0.208. The molecule has 6 nitrogen and oxygen atoms in total. The summed E-state index contributed by atoms with van der Waals surface area (Å²) in [4.78, 5) is 26.0. The van der Waals surface area contributed by atoms with Gasteiger partial charge in [0.2, 0.25) is 11.8 Å². The number of rotatable bonds is 11. The van der Waals surface area contributed by atoms with E-state index in [0.29, 0.717) is 48.9 Å². The van der Waals surface area contributed by atoms with Gasteiger partial charge in [0.15, 0.2) is 0 Å². The van der Waals surface area contributed by atoms with E-state index in [4.69, 9.17) is 16.3 Å².